The fourth-order valence-corrected chi connectivity index (χ4v) is 2.33. The van der Waals surface area contributed by atoms with Crippen molar-refractivity contribution in [2.75, 3.05) is 19.7 Å². The molecule has 1 unspecified atom stereocenters. The molecule has 0 bridgehead atoms. The molecule has 2 rings (SSSR count). The summed E-state index contributed by atoms with van der Waals surface area (Å²) in [4.78, 5) is 0. The molecule has 1 atom stereocenters. The van der Waals surface area contributed by atoms with Gasteiger partial charge >= 0.3 is 0 Å². The van der Waals surface area contributed by atoms with Crippen molar-refractivity contribution in [3.05, 3.63) is 29.3 Å². The highest BCUT2D eigenvalue weighted by atomic mass is 16.5. The van der Waals surface area contributed by atoms with E-state index < -0.39 is 0 Å². The second-order valence-electron chi connectivity index (χ2n) is 4.94. The molecule has 0 spiro atoms. The number of ether oxygens (including phenoxy) is 1. The summed E-state index contributed by atoms with van der Waals surface area (Å²) in [6.07, 6.45) is 3.66. The summed E-state index contributed by atoms with van der Waals surface area (Å²) in [6.45, 7) is 5.02. The van der Waals surface area contributed by atoms with Gasteiger partial charge in [-0.1, -0.05) is 6.07 Å². The van der Waals surface area contributed by atoms with Crippen molar-refractivity contribution < 1.29 is 4.74 Å². The Balaban J connectivity index is 1.84. The molecule has 0 amide bonds. The Kier molecular flexibility index (Phi) is 4.60. The first-order valence-electron chi connectivity index (χ1n) is 6.64. The predicted molar refractivity (Wildman–Crippen MR) is 71.6 cm³/mol. The summed E-state index contributed by atoms with van der Waals surface area (Å²) in [7, 11) is 0. The number of benzene rings is 1. The minimum Gasteiger partial charge on any atom is -0.493 e. The van der Waals surface area contributed by atoms with Crippen LogP contribution in [0.15, 0.2) is 18.2 Å². The van der Waals surface area contributed by atoms with E-state index in [4.69, 9.17) is 10.00 Å². The highest BCUT2D eigenvalue weighted by Gasteiger charge is 2.12. The largest absolute Gasteiger partial charge is 0.493 e. The molecule has 1 saturated heterocycles. The van der Waals surface area contributed by atoms with Gasteiger partial charge in [-0.05, 0) is 62.9 Å². The molecule has 1 aromatic rings. The summed E-state index contributed by atoms with van der Waals surface area (Å²) < 4.78 is 5.80. The van der Waals surface area contributed by atoms with E-state index in [1.54, 1.807) is 0 Å². The maximum atomic E-state index is 8.87. The van der Waals surface area contributed by atoms with E-state index in [1.807, 2.05) is 25.1 Å². The van der Waals surface area contributed by atoms with Crippen LogP contribution in [0.5, 0.6) is 5.75 Å². The van der Waals surface area contributed by atoms with Crippen LogP contribution < -0.4 is 10.1 Å². The van der Waals surface area contributed by atoms with E-state index in [1.165, 1.54) is 12.8 Å². The van der Waals surface area contributed by atoms with Gasteiger partial charge < -0.3 is 10.1 Å². The molecule has 0 saturated carbocycles. The first kappa shape index (κ1) is 12.9. The molecule has 1 aliphatic heterocycles. The number of piperidine rings is 1. The summed E-state index contributed by atoms with van der Waals surface area (Å²) in [5.74, 6) is 1.58. The lowest BCUT2D eigenvalue weighted by Gasteiger charge is -2.22. The van der Waals surface area contributed by atoms with E-state index in [0.717, 1.165) is 43.3 Å². The van der Waals surface area contributed by atoms with E-state index in [-0.39, 0.29) is 0 Å². The van der Waals surface area contributed by atoms with E-state index in [2.05, 4.69) is 11.4 Å². The van der Waals surface area contributed by atoms with Gasteiger partial charge in [0, 0.05) is 0 Å². The van der Waals surface area contributed by atoms with Gasteiger partial charge in [-0.15, -0.1) is 0 Å². The second kappa shape index (κ2) is 6.42. The van der Waals surface area contributed by atoms with Crippen LogP contribution in [0.3, 0.4) is 0 Å². The second-order valence-corrected chi connectivity index (χ2v) is 4.94. The molecule has 1 heterocycles. The lowest BCUT2D eigenvalue weighted by Crippen LogP contribution is -2.30. The van der Waals surface area contributed by atoms with Gasteiger partial charge in [0.1, 0.15) is 5.75 Å². The average Bonchev–Trinajstić information content (AvgIpc) is 2.42. The Hall–Kier alpha value is -1.53. The number of nitriles is 1. The molecular formula is C15H20N2O. The van der Waals surface area contributed by atoms with Gasteiger partial charge in [0.25, 0.3) is 0 Å². The maximum Gasteiger partial charge on any atom is 0.123 e. The zero-order chi connectivity index (χ0) is 12.8. The number of hydrogen-bond donors (Lipinski definition) is 1. The molecule has 0 aliphatic carbocycles. The smallest absolute Gasteiger partial charge is 0.123 e. The zero-order valence-electron chi connectivity index (χ0n) is 10.9. The van der Waals surface area contributed by atoms with Crippen LogP contribution in [0.2, 0.25) is 0 Å². The monoisotopic (exact) mass is 244 g/mol. The third-order valence-electron chi connectivity index (χ3n) is 3.50. The number of nitrogens with zero attached hydrogens (tertiary/aromatic N) is 1. The van der Waals surface area contributed by atoms with E-state index in [9.17, 15) is 0 Å². The van der Waals surface area contributed by atoms with Crippen molar-refractivity contribution in [3.63, 3.8) is 0 Å². The molecule has 1 N–H and O–H groups in total. The van der Waals surface area contributed by atoms with Crippen LogP contribution >= 0.6 is 0 Å². The fraction of sp³-hybridized carbons (Fsp3) is 0.533. The Morgan fingerprint density at radius 2 is 2.39 bits per heavy atom. The maximum absolute atomic E-state index is 8.87. The quantitative estimate of drug-likeness (QED) is 0.885. The Morgan fingerprint density at radius 1 is 1.50 bits per heavy atom. The highest BCUT2D eigenvalue weighted by molar-refractivity contribution is 5.41. The van der Waals surface area contributed by atoms with Gasteiger partial charge in [0.15, 0.2) is 0 Å². The molecule has 0 radical (unpaired) electrons. The van der Waals surface area contributed by atoms with Crippen molar-refractivity contribution in [3.8, 4) is 11.8 Å². The third kappa shape index (κ3) is 3.48. The summed E-state index contributed by atoms with van der Waals surface area (Å²) in [5.41, 5.74) is 1.76. The van der Waals surface area contributed by atoms with Crippen LogP contribution in [-0.2, 0) is 0 Å². The molecule has 0 aromatic heterocycles. The van der Waals surface area contributed by atoms with Crippen LogP contribution in [0, 0.1) is 24.2 Å². The number of aryl methyl sites for hydroxylation is 1. The van der Waals surface area contributed by atoms with E-state index in [0.29, 0.717) is 5.56 Å². The highest BCUT2D eigenvalue weighted by Crippen LogP contribution is 2.21. The van der Waals surface area contributed by atoms with Gasteiger partial charge in [0.2, 0.25) is 0 Å². The Labute approximate surface area is 109 Å². The minimum absolute atomic E-state index is 0.662. The fourth-order valence-electron chi connectivity index (χ4n) is 2.33. The van der Waals surface area contributed by atoms with Crippen LogP contribution in [-0.4, -0.2) is 19.7 Å². The molecular weight excluding hydrogens is 224 g/mol. The molecule has 3 nitrogen and oxygen atoms in total. The number of nitrogens with one attached hydrogen (secondary N) is 1. The van der Waals surface area contributed by atoms with Crippen LogP contribution in [0.4, 0.5) is 0 Å². The molecule has 1 aliphatic rings. The SMILES string of the molecule is Cc1ccc(C#N)cc1OCCC1CCCNC1. The van der Waals surface area contributed by atoms with Crippen LogP contribution in [0.1, 0.15) is 30.4 Å². The van der Waals surface area contributed by atoms with Crippen molar-refractivity contribution in [2.24, 2.45) is 5.92 Å². The molecule has 96 valence electrons. The third-order valence-corrected chi connectivity index (χ3v) is 3.50. The topological polar surface area (TPSA) is 45.0 Å². The standard InChI is InChI=1S/C15H20N2O/c1-12-4-5-14(10-16)9-15(12)18-8-6-13-3-2-7-17-11-13/h4-5,9,13,17H,2-3,6-8,11H2,1H3. The molecule has 1 fully saturated rings. The Bertz CT molecular complexity index is 431. The molecule has 3 heteroatoms. The van der Waals surface area contributed by atoms with Gasteiger partial charge in [-0.2, -0.15) is 5.26 Å². The average molecular weight is 244 g/mol. The van der Waals surface area contributed by atoms with Crippen molar-refractivity contribution in [1.29, 1.82) is 5.26 Å². The summed E-state index contributed by atoms with van der Waals surface area (Å²) in [6, 6.07) is 7.74. The van der Waals surface area contributed by atoms with Gasteiger partial charge in [0.05, 0.1) is 18.2 Å². The summed E-state index contributed by atoms with van der Waals surface area (Å²) >= 11 is 0. The molecule has 1 aromatic carbocycles. The molecule has 18 heavy (non-hydrogen) atoms. The van der Waals surface area contributed by atoms with Gasteiger partial charge in [-0.3, -0.25) is 0 Å². The Morgan fingerprint density at radius 3 is 3.11 bits per heavy atom. The lowest BCUT2D eigenvalue weighted by molar-refractivity contribution is 0.253. The minimum atomic E-state index is 0.662. The number of rotatable bonds is 4. The van der Waals surface area contributed by atoms with Crippen LogP contribution in [0.25, 0.3) is 0 Å². The lowest BCUT2D eigenvalue weighted by atomic mass is 9.97. The normalized spacial score (nSPS) is 19.2. The van der Waals surface area contributed by atoms with Crippen molar-refractivity contribution in [1.82, 2.24) is 5.32 Å². The van der Waals surface area contributed by atoms with Crippen molar-refractivity contribution in [2.45, 2.75) is 26.2 Å². The zero-order valence-corrected chi connectivity index (χ0v) is 10.9. The summed E-state index contributed by atoms with van der Waals surface area (Å²) in [5, 5.41) is 12.3. The van der Waals surface area contributed by atoms with Gasteiger partial charge in [-0.25, -0.2) is 0 Å². The first-order valence-corrected chi connectivity index (χ1v) is 6.64. The van der Waals surface area contributed by atoms with Crippen molar-refractivity contribution >= 4 is 0 Å². The number of hydrogen-bond acceptors (Lipinski definition) is 3. The van der Waals surface area contributed by atoms with E-state index >= 15 is 0 Å². The first-order chi connectivity index (χ1) is 8.79. The predicted octanol–water partition coefficient (Wildman–Crippen LogP) is 2.64.